The van der Waals surface area contributed by atoms with Crippen LogP contribution in [0.4, 0.5) is 11.4 Å². The lowest BCUT2D eigenvalue weighted by atomic mass is 10.1. The highest BCUT2D eigenvalue weighted by Crippen LogP contribution is 2.25. The average molecular weight is 401 g/mol. The lowest BCUT2D eigenvalue weighted by Gasteiger charge is -2.05. The summed E-state index contributed by atoms with van der Waals surface area (Å²) >= 11 is 3.41. The Morgan fingerprint density at radius 2 is 1.84 bits per heavy atom. The van der Waals surface area contributed by atoms with Gasteiger partial charge in [-0.2, -0.15) is 0 Å². The minimum atomic E-state index is -0.467. The third kappa shape index (κ3) is 3.77. The third-order valence-electron chi connectivity index (χ3n) is 3.61. The number of nitro groups is 1. The molecule has 0 unspecified atom stereocenters. The topological polar surface area (TPSA) is 85.4 Å². The lowest BCUT2D eigenvalue weighted by molar-refractivity contribution is -0.384. The molecule has 126 valence electrons. The van der Waals surface area contributed by atoms with E-state index in [2.05, 4.69) is 21.2 Å². The molecule has 0 saturated carbocycles. The van der Waals surface area contributed by atoms with E-state index in [1.165, 1.54) is 12.1 Å². The number of rotatable bonds is 4. The van der Waals surface area contributed by atoms with E-state index < -0.39 is 4.92 Å². The molecule has 0 bridgehead atoms. The van der Waals surface area contributed by atoms with E-state index >= 15 is 0 Å². The number of hydrogen-bond acceptors (Lipinski definition) is 4. The Balaban J connectivity index is 1.77. The van der Waals surface area contributed by atoms with Crippen LogP contribution in [0.5, 0.6) is 0 Å². The highest BCUT2D eigenvalue weighted by atomic mass is 79.9. The Morgan fingerprint density at radius 3 is 2.48 bits per heavy atom. The first kappa shape index (κ1) is 16.9. The van der Waals surface area contributed by atoms with Crippen LogP contribution in [0.25, 0.3) is 11.3 Å². The van der Waals surface area contributed by atoms with Crippen molar-refractivity contribution in [1.82, 2.24) is 0 Å². The second kappa shape index (κ2) is 6.90. The zero-order chi connectivity index (χ0) is 18.0. The van der Waals surface area contributed by atoms with E-state index in [4.69, 9.17) is 4.42 Å². The SMILES string of the molecule is Cc1cc(NC(=O)c2ccc(-c3ccc([N+](=O)[O-])cc3)o2)ccc1Br. The van der Waals surface area contributed by atoms with Gasteiger partial charge in [0.05, 0.1) is 4.92 Å². The number of nitrogens with one attached hydrogen (secondary N) is 1. The van der Waals surface area contributed by atoms with Gasteiger partial charge in [-0.15, -0.1) is 0 Å². The van der Waals surface area contributed by atoms with E-state index in [0.717, 1.165) is 10.0 Å². The third-order valence-corrected chi connectivity index (χ3v) is 4.50. The maximum absolute atomic E-state index is 12.3. The first-order chi connectivity index (χ1) is 11.9. The van der Waals surface area contributed by atoms with Crippen molar-refractivity contribution in [3.8, 4) is 11.3 Å². The average Bonchev–Trinajstić information content (AvgIpc) is 3.08. The van der Waals surface area contributed by atoms with Crippen molar-refractivity contribution in [2.45, 2.75) is 6.92 Å². The predicted molar refractivity (Wildman–Crippen MR) is 97.6 cm³/mol. The van der Waals surface area contributed by atoms with Gasteiger partial charge in [-0.05, 0) is 55.0 Å². The lowest BCUT2D eigenvalue weighted by Crippen LogP contribution is -2.10. The number of non-ortho nitro benzene ring substituents is 1. The largest absolute Gasteiger partial charge is 0.451 e. The number of aryl methyl sites for hydroxylation is 1. The molecule has 1 aromatic heterocycles. The maximum atomic E-state index is 12.3. The van der Waals surface area contributed by atoms with Gasteiger partial charge >= 0.3 is 0 Å². The fourth-order valence-corrected chi connectivity index (χ4v) is 2.52. The highest BCUT2D eigenvalue weighted by molar-refractivity contribution is 9.10. The molecule has 0 aliphatic carbocycles. The molecule has 2 aromatic carbocycles. The zero-order valence-corrected chi connectivity index (χ0v) is 14.7. The van der Waals surface area contributed by atoms with Crippen molar-refractivity contribution in [3.05, 3.63) is 80.5 Å². The van der Waals surface area contributed by atoms with Gasteiger partial charge in [-0.25, -0.2) is 0 Å². The van der Waals surface area contributed by atoms with Gasteiger partial charge < -0.3 is 9.73 Å². The predicted octanol–water partition coefficient (Wildman–Crippen LogP) is 5.18. The summed E-state index contributed by atoms with van der Waals surface area (Å²) in [5, 5.41) is 13.5. The molecule has 6 nitrogen and oxygen atoms in total. The Bertz CT molecular complexity index is 948. The van der Waals surface area contributed by atoms with Crippen LogP contribution in [-0.4, -0.2) is 10.8 Å². The summed E-state index contributed by atoms with van der Waals surface area (Å²) < 4.78 is 6.53. The minimum absolute atomic E-state index is 0.00104. The fraction of sp³-hybridized carbons (Fsp3) is 0.0556. The van der Waals surface area contributed by atoms with Crippen molar-refractivity contribution in [2.24, 2.45) is 0 Å². The number of amides is 1. The number of hydrogen-bond donors (Lipinski definition) is 1. The second-order valence-electron chi connectivity index (χ2n) is 5.39. The van der Waals surface area contributed by atoms with Gasteiger partial charge in [0.1, 0.15) is 5.76 Å². The quantitative estimate of drug-likeness (QED) is 0.482. The summed E-state index contributed by atoms with van der Waals surface area (Å²) in [4.78, 5) is 22.5. The number of nitro benzene ring substituents is 1. The van der Waals surface area contributed by atoms with Crippen LogP contribution in [0.2, 0.25) is 0 Å². The number of furan rings is 1. The summed E-state index contributed by atoms with van der Waals surface area (Å²) in [6, 6.07) is 14.7. The Labute approximate surface area is 151 Å². The van der Waals surface area contributed by atoms with E-state index in [1.54, 1.807) is 30.3 Å². The molecule has 0 saturated heterocycles. The van der Waals surface area contributed by atoms with Crippen LogP contribution in [-0.2, 0) is 0 Å². The first-order valence-electron chi connectivity index (χ1n) is 7.36. The van der Waals surface area contributed by atoms with Gasteiger partial charge in [0.2, 0.25) is 0 Å². The number of nitrogens with zero attached hydrogens (tertiary/aromatic N) is 1. The molecule has 1 amide bonds. The summed E-state index contributed by atoms with van der Waals surface area (Å²) in [5.74, 6) is 0.260. The normalized spacial score (nSPS) is 10.5. The molecule has 3 rings (SSSR count). The molecule has 0 spiro atoms. The van der Waals surface area contributed by atoms with E-state index in [1.807, 2.05) is 19.1 Å². The van der Waals surface area contributed by atoms with Gasteiger partial charge in [0, 0.05) is 27.9 Å². The number of benzene rings is 2. The molecule has 3 aromatic rings. The van der Waals surface area contributed by atoms with Gasteiger partial charge in [-0.3, -0.25) is 14.9 Å². The van der Waals surface area contributed by atoms with Crippen molar-refractivity contribution in [1.29, 1.82) is 0 Å². The number of carbonyl (C=O) groups is 1. The summed E-state index contributed by atoms with van der Waals surface area (Å²) in [6.45, 7) is 1.93. The number of anilines is 1. The van der Waals surface area contributed by atoms with Crippen LogP contribution in [0.1, 0.15) is 16.1 Å². The smallest absolute Gasteiger partial charge is 0.291 e. The number of carbonyl (C=O) groups excluding carboxylic acids is 1. The maximum Gasteiger partial charge on any atom is 0.291 e. The summed E-state index contributed by atoms with van der Waals surface area (Å²) in [5.41, 5.74) is 2.32. The van der Waals surface area contributed by atoms with E-state index in [9.17, 15) is 14.9 Å². The fourth-order valence-electron chi connectivity index (χ4n) is 2.28. The first-order valence-corrected chi connectivity index (χ1v) is 8.15. The van der Waals surface area contributed by atoms with Crippen LogP contribution in [0.15, 0.2) is 63.5 Å². The molecule has 0 atom stereocenters. The highest BCUT2D eigenvalue weighted by Gasteiger charge is 2.14. The molecule has 25 heavy (non-hydrogen) atoms. The van der Waals surface area contributed by atoms with Crippen LogP contribution in [0.3, 0.4) is 0 Å². The van der Waals surface area contributed by atoms with Crippen LogP contribution in [0, 0.1) is 17.0 Å². The summed E-state index contributed by atoms with van der Waals surface area (Å²) in [7, 11) is 0. The molecular formula is C18H13BrN2O4. The second-order valence-corrected chi connectivity index (χ2v) is 6.24. The van der Waals surface area contributed by atoms with Gasteiger partial charge in [0.15, 0.2) is 5.76 Å². The van der Waals surface area contributed by atoms with Crippen molar-refractivity contribution < 1.29 is 14.1 Å². The van der Waals surface area contributed by atoms with Gasteiger partial charge in [-0.1, -0.05) is 15.9 Å². The zero-order valence-electron chi connectivity index (χ0n) is 13.2. The number of halogens is 1. The Kier molecular flexibility index (Phi) is 4.67. The molecule has 1 heterocycles. The monoisotopic (exact) mass is 400 g/mol. The minimum Gasteiger partial charge on any atom is -0.451 e. The molecule has 0 aliphatic heterocycles. The molecule has 1 N–H and O–H groups in total. The molecule has 0 fully saturated rings. The molecule has 0 radical (unpaired) electrons. The van der Waals surface area contributed by atoms with E-state index in [-0.39, 0.29) is 17.4 Å². The molecule has 7 heteroatoms. The molecule has 0 aliphatic rings. The van der Waals surface area contributed by atoms with Crippen LogP contribution >= 0.6 is 15.9 Å². The van der Waals surface area contributed by atoms with Gasteiger partial charge in [0.25, 0.3) is 11.6 Å². The van der Waals surface area contributed by atoms with Crippen LogP contribution < -0.4 is 5.32 Å². The Hall–Kier alpha value is -2.93. The van der Waals surface area contributed by atoms with E-state index in [0.29, 0.717) is 17.0 Å². The van der Waals surface area contributed by atoms with Crippen molar-refractivity contribution >= 4 is 33.2 Å². The molecular weight excluding hydrogens is 388 g/mol. The van der Waals surface area contributed by atoms with Crippen molar-refractivity contribution in [2.75, 3.05) is 5.32 Å². The van der Waals surface area contributed by atoms with Crippen molar-refractivity contribution in [3.63, 3.8) is 0 Å². The Morgan fingerprint density at radius 1 is 1.12 bits per heavy atom. The summed E-state index contributed by atoms with van der Waals surface area (Å²) in [6.07, 6.45) is 0. The standard InChI is InChI=1S/C18H13BrN2O4/c1-11-10-13(4-7-15(11)19)20-18(22)17-9-8-16(25-17)12-2-5-14(6-3-12)21(23)24/h2-10H,1H3,(H,20,22).